The van der Waals surface area contributed by atoms with Gasteiger partial charge in [0.1, 0.15) is 0 Å². The zero-order valence-corrected chi connectivity index (χ0v) is 11.4. The second-order valence-electron chi connectivity index (χ2n) is 3.22. The van der Waals surface area contributed by atoms with Crippen LogP contribution in [0.5, 0.6) is 0 Å². The summed E-state index contributed by atoms with van der Waals surface area (Å²) in [6, 6.07) is 7.99. The average Bonchev–Trinajstić information content (AvgIpc) is 2.63. The SMILES string of the molecule is O=C(Nc1cc(Cl)cc(Cl)c1)c1ccc(Br)o1. The lowest BCUT2D eigenvalue weighted by Crippen LogP contribution is -2.10. The van der Waals surface area contributed by atoms with Gasteiger partial charge >= 0.3 is 0 Å². The van der Waals surface area contributed by atoms with Crippen LogP contribution in [0.25, 0.3) is 0 Å². The van der Waals surface area contributed by atoms with Gasteiger partial charge in [-0.25, -0.2) is 0 Å². The van der Waals surface area contributed by atoms with E-state index in [4.69, 9.17) is 27.6 Å². The van der Waals surface area contributed by atoms with E-state index in [1.54, 1.807) is 30.3 Å². The van der Waals surface area contributed by atoms with Crippen LogP contribution in [0.4, 0.5) is 5.69 Å². The third-order valence-corrected chi connectivity index (χ3v) is 2.78. The highest BCUT2D eigenvalue weighted by atomic mass is 79.9. The lowest BCUT2D eigenvalue weighted by atomic mass is 10.3. The molecule has 2 aromatic rings. The molecule has 0 aliphatic rings. The minimum absolute atomic E-state index is 0.202. The molecule has 0 bridgehead atoms. The van der Waals surface area contributed by atoms with Gasteiger partial charge in [0.05, 0.1) is 0 Å². The maximum absolute atomic E-state index is 11.7. The van der Waals surface area contributed by atoms with Crippen molar-refractivity contribution in [3.05, 3.63) is 50.8 Å². The number of nitrogens with one attached hydrogen (secondary N) is 1. The molecule has 0 unspecified atom stereocenters. The lowest BCUT2D eigenvalue weighted by Gasteiger charge is -2.04. The van der Waals surface area contributed by atoms with E-state index in [1.807, 2.05) is 0 Å². The second kappa shape index (κ2) is 5.12. The fourth-order valence-corrected chi connectivity index (χ4v) is 2.09. The molecule has 0 fully saturated rings. The van der Waals surface area contributed by atoms with Crippen LogP contribution in [-0.2, 0) is 0 Å². The first kappa shape index (κ1) is 12.5. The number of carbonyl (C=O) groups is 1. The van der Waals surface area contributed by atoms with Gasteiger partial charge in [-0.1, -0.05) is 23.2 Å². The van der Waals surface area contributed by atoms with Crippen LogP contribution < -0.4 is 5.32 Å². The number of rotatable bonds is 2. The van der Waals surface area contributed by atoms with Crippen molar-refractivity contribution < 1.29 is 9.21 Å². The molecule has 1 heterocycles. The van der Waals surface area contributed by atoms with Gasteiger partial charge in [-0.2, -0.15) is 0 Å². The maximum atomic E-state index is 11.7. The molecule has 0 radical (unpaired) electrons. The molecular formula is C11H6BrCl2NO2. The van der Waals surface area contributed by atoms with Crippen LogP contribution in [0, 0.1) is 0 Å². The van der Waals surface area contributed by atoms with Crippen LogP contribution >= 0.6 is 39.1 Å². The first-order valence-electron chi connectivity index (χ1n) is 4.57. The normalized spacial score (nSPS) is 10.3. The highest BCUT2D eigenvalue weighted by molar-refractivity contribution is 9.10. The van der Waals surface area contributed by atoms with Crippen molar-refractivity contribution in [2.45, 2.75) is 0 Å². The minimum Gasteiger partial charge on any atom is -0.444 e. The number of anilines is 1. The number of hydrogen-bond donors (Lipinski definition) is 1. The van der Waals surface area contributed by atoms with Crippen molar-refractivity contribution in [1.29, 1.82) is 0 Å². The van der Waals surface area contributed by atoms with Crippen LogP contribution in [-0.4, -0.2) is 5.91 Å². The largest absolute Gasteiger partial charge is 0.444 e. The van der Waals surface area contributed by atoms with Crippen molar-refractivity contribution in [2.75, 3.05) is 5.32 Å². The molecule has 1 amide bonds. The molecule has 1 aromatic heterocycles. The van der Waals surface area contributed by atoms with Crippen molar-refractivity contribution in [3.63, 3.8) is 0 Å². The first-order chi connectivity index (χ1) is 8.04. The maximum Gasteiger partial charge on any atom is 0.291 e. The summed E-state index contributed by atoms with van der Waals surface area (Å²) in [6.45, 7) is 0. The Hall–Kier alpha value is -0.970. The van der Waals surface area contributed by atoms with Gasteiger partial charge < -0.3 is 9.73 Å². The zero-order chi connectivity index (χ0) is 12.4. The van der Waals surface area contributed by atoms with Crippen molar-refractivity contribution in [2.24, 2.45) is 0 Å². The summed E-state index contributed by atoms with van der Waals surface area (Å²) in [7, 11) is 0. The molecular weight excluding hydrogens is 329 g/mol. The average molecular weight is 335 g/mol. The molecule has 2 rings (SSSR count). The Labute approximate surface area is 116 Å². The Morgan fingerprint density at radius 3 is 2.35 bits per heavy atom. The van der Waals surface area contributed by atoms with Gasteiger partial charge in [-0.3, -0.25) is 4.79 Å². The van der Waals surface area contributed by atoms with Gasteiger partial charge in [-0.15, -0.1) is 0 Å². The van der Waals surface area contributed by atoms with Gasteiger partial charge in [0.2, 0.25) is 0 Å². The third kappa shape index (κ3) is 3.25. The fourth-order valence-electron chi connectivity index (χ4n) is 1.26. The van der Waals surface area contributed by atoms with Crippen molar-refractivity contribution in [3.8, 4) is 0 Å². The van der Waals surface area contributed by atoms with E-state index in [0.29, 0.717) is 20.4 Å². The minimum atomic E-state index is -0.367. The molecule has 3 nitrogen and oxygen atoms in total. The van der Waals surface area contributed by atoms with Gasteiger partial charge in [0, 0.05) is 15.7 Å². The quantitative estimate of drug-likeness (QED) is 0.872. The van der Waals surface area contributed by atoms with E-state index < -0.39 is 0 Å². The standard InChI is InChI=1S/C11H6BrCl2NO2/c12-10-2-1-9(17-10)11(16)15-8-4-6(13)3-7(14)5-8/h1-5H,(H,15,16). The molecule has 0 spiro atoms. The van der Waals surface area contributed by atoms with Crippen LogP contribution in [0.3, 0.4) is 0 Å². The van der Waals surface area contributed by atoms with E-state index in [-0.39, 0.29) is 11.7 Å². The molecule has 6 heteroatoms. The summed E-state index contributed by atoms with van der Waals surface area (Å²) in [6.07, 6.45) is 0. The van der Waals surface area contributed by atoms with Crippen molar-refractivity contribution in [1.82, 2.24) is 0 Å². The molecule has 88 valence electrons. The lowest BCUT2D eigenvalue weighted by molar-refractivity contribution is 0.0995. The summed E-state index contributed by atoms with van der Waals surface area (Å²) in [5.41, 5.74) is 0.514. The van der Waals surface area contributed by atoms with Gasteiger partial charge in [0.25, 0.3) is 5.91 Å². The van der Waals surface area contributed by atoms with Crippen LogP contribution in [0.15, 0.2) is 39.4 Å². The Balaban J connectivity index is 2.18. The summed E-state index contributed by atoms with van der Waals surface area (Å²) >= 11 is 14.8. The Morgan fingerprint density at radius 1 is 1.18 bits per heavy atom. The molecule has 1 aromatic carbocycles. The molecule has 0 saturated heterocycles. The predicted octanol–water partition coefficient (Wildman–Crippen LogP) is 4.60. The Morgan fingerprint density at radius 2 is 1.82 bits per heavy atom. The van der Waals surface area contributed by atoms with Crippen molar-refractivity contribution >= 4 is 50.7 Å². The number of benzene rings is 1. The number of amides is 1. The third-order valence-electron chi connectivity index (χ3n) is 1.92. The van der Waals surface area contributed by atoms with Crippen LogP contribution in [0.1, 0.15) is 10.6 Å². The van der Waals surface area contributed by atoms with E-state index >= 15 is 0 Å². The van der Waals surface area contributed by atoms with E-state index in [2.05, 4.69) is 21.2 Å². The molecule has 1 N–H and O–H groups in total. The predicted molar refractivity (Wildman–Crippen MR) is 70.8 cm³/mol. The summed E-state index contributed by atoms with van der Waals surface area (Å²) in [5.74, 6) is -0.165. The molecule has 0 saturated carbocycles. The molecule has 0 aliphatic heterocycles. The second-order valence-corrected chi connectivity index (χ2v) is 4.87. The number of hydrogen-bond acceptors (Lipinski definition) is 2. The van der Waals surface area contributed by atoms with E-state index in [1.165, 1.54) is 0 Å². The zero-order valence-electron chi connectivity index (χ0n) is 8.34. The van der Waals surface area contributed by atoms with Gasteiger partial charge in [-0.05, 0) is 46.3 Å². The molecule has 17 heavy (non-hydrogen) atoms. The van der Waals surface area contributed by atoms with E-state index in [0.717, 1.165) is 0 Å². The topological polar surface area (TPSA) is 42.2 Å². The summed E-state index contributed by atoms with van der Waals surface area (Å²) < 4.78 is 5.61. The van der Waals surface area contributed by atoms with Crippen LogP contribution in [0.2, 0.25) is 10.0 Å². The van der Waals surface area contributed by atoms with E-state index in [9.17, 15) is 4.79 Å². The first-order valence-corrected chi connectivity index (χ1v) is 6.12. The highest BCUT2D eigenvalue weighted by Crippen LogP contribution is 2.23. The Kier molecular flexibility index (Phi) is 3.76. The monoisotopic (exact) mass is 333 g/mol. The smallest absolute Gasteiger partial charge is 0.291 e. The Bertz CT molecular complexity index is 548. The number of carbonyl (C=O) groups excluding carboxylic acids is 1. The molecule has 0 atom stereocenters. The molecule has 0 aliphatic carbocycles. The van der Waals surface area contributed by atoms with Gasteiger partial charge in [0.15, 0.2) is 10.4 Å². The highest BCUT2D eigenvalue weighted by Gasteiger charge is 2.11. The number of halogens is 3. The summed E-state index contributed by atoms with van der Waals surface area (Å²) in [5, 5.41) is 3.54. The summed E-state index contributed by atoms with van der Waals surface area (Å²) in [4.78, 5) is 11.7. The fraction of sp³-hybridized carbons (Fsp3) is 0. The number of furan rings is 1.